The van der Waals surface area contributed by atoms with Crippen molar-refractivity contribution in [2.75, 3.05) is 0 Å². The second kappa shape index (κ2) is 5.07. The SMILES string of the molecule is Cc1ccccc1-c1noc(C(C)C(=O)C(F)(F)F)n1. The predicted octanol–water partition coefficient (Wildman–Crippen LogP) is 3.28. The molecule has 20 heavy (non-hydrogen) atoms. The second-order valence-corrected chi connectivity index (χ2v) is 4.35. The summed E-state index contributed by atoms with van der Waals surface area (Å²) in [7, 11) is 0. The highest BCUT2D eigenvalue weighted by Crippen LogP contribution is 2.28. The quantitative estimate of drug-likeness (QED) is 0.868. The van der Waals surface area contributed by atoms with E-state index in [2.05, 4.69) is 10.1 Å². The van der Waals surface area contributed by atoms with Gasteiger partial charge in [-0.2, -0.15) is 18.2 Å². The van der Waals surface area contributed by atoms with E-state index in [0.29, 0.717) is 5.56 Å². The van der Waals surface area contributed by atoms with Crippen molar-refractivity contribution in [2.45, 2.75) is 25.9 Å². The van der Waals surface area contributed by atoms with Gasteiger partial charge in [0.2, 0.25) is 17.5 Å². The lowest BCUT2D eigenvalue weighted by Crippen LogP contribution is -2.27. The van der Waals surface area contributed by atoms with Gasteiger partial charge in [0.1, 0.15) is 5.92 Å². The number of rotatable bonds is 3. The highest BCUT2D eigenvalue weighted by atomic mass is 19.4. The monoisotopic (exact) mass is 284 g/mol. The van der Waals surface area contributed by atoms with Gasteiger partial charge < -0.3 is 4.52 Å². The van der Waals surface area contributed by atoms with E-state index in [1.807, 2.05) is 19.1 Å². The molecular weight excluding hydrogens is 273 g/mol. The Morgan fingerprint density at radius 2 is 1.95 bits per heavy atom. The molecule has 1 heterocycles. The molecule has 0 N–H and O–H groups in total. The first-order chi connectivity index (χ1) is 9.30. The van der Waals surface area contributed by atoms with Crippen LogP contribution in [0.2, 0.25) is 0 Å². The molecule has 4 nitrogen and oxygen atoms in total. The highest BCUT2D eigenvalue weighted by Gasteiger charge is 2.44. The number of ketones is 1. The fourth-order valence-electron chi connectivity index (χ4n) is 1.70. The first kappa shape index (κ1) is 14.2. The van der Waals surface area contributed by atoms with Crippen LogP contribution < -0.4 is 0 Å². The zero-order valence-corrected chi connectivity index (χ0v) is 10.7. The summed E-state index contributed by atoms with van der Waals surface area (Å²) < 4.78 is 41.8. The van der Waals surface area contributed by atoms with Crippen molar-refractivity contribution in [1.82, 2.24) is 10.1 Å². The van der Waals surface area contributed by atoms with Gasteiger partial charge in [-0.15, -0.1) is 0 Å². The predicted molar refractivity (Wildman–Crippen MR) is 63.9 cm³/mol. The maximum Gasteiger partial charge on any atom is 0.450 e. The zero-order valence-electron chi connectivity index (χ0n) is 10.7. The molecule has 106 valence electrons. The summed E-state index contributed by atoms with van der Waals surface area (Å²) in [4.78, 5) is 15.0. The number of carbonyl (C=O) groups is 1. The molecule has 2 rings (SSSR count). The minimum absolute atomic E-state index is 0.167. The van der Waals surface area contributed by atoms with Crippen LogP contribution in [0.15, 0.2) is 28.8 Å². The van der Waals surface area contributed by atoms with E-state index < -0.39 is 17.9 Å². The van der Waals surface area contributed by atoms with Gasteiger partial charge in [-0.25, -0.2) is 0 Å². The van der Waals surface area contributed by atoms with Gasteiger partial charge in [-0.05, 0) is 19.4 Å². The first-order valence-electron chi connectivity index (χ1n) is 5.81. The molecule has 0 aliphatic carbocycles. The zero-order chi connectivity index (χ0) is 14.9. The van der Waals surface area contributed by atoms with E-state index in [4.69, 9.17) is 4.52 Å². The molecule has 2 aromatic rings. The van der Waals surface area contributed by atoms with Gasteiger partial charge in [0.05, 0.1) is 0 Å². The Bertz CT molecular complexity index is 635. The van der Waals surface area contributed by atoms with Crippen LogP contribution in [-0.4, -0.2) is 22.1 Å². The number of benzene rings is 1. The molecule has 0 aliphatic rings. The summed E-state index contributed by atoms with van der Waals surface area (Å²) in [5.74, 6) is -3.59. The molecule has 0 saturated heterocycles. The van der Waals surface area contributed by atoms with Crippen molar-refractivity contribution >= 4 is 5.78 Å². The molecule has 0 saturated carbocycles. The Labute approximate surface area is 112 Å². The molecule has 0 bridgehead atoms. The number of hydrogen-bond acceptors (Lipinski definition) is 4. The fourth-order valence-corrected chi connectivity index (χ4v) is 1.70. The summed E-state index contributed by atoms with van der Waals surface area (Å²) >= 11 is 0. The van der Waals surface area contributed by atoms with Crippen LogP contribution >= 0.6 is 0 Å². The normalized spacial score (nSPS) is 13.2. The average molecular weight is 284 g/mol. The first-order valence-corrected chi connectivity index (χ1v) is 5.81. The molecule has 0 radical (unpaired) electrons. The van der Waals surface area contributed by atoms with E-state index in [-0.39, 0.29) is 11.7 Å². The van der Waals surface area contributed by atoms with Crippen molar-refractivity contribution in [1.29, 1.82) is 0 Å². The molecule has 0 amide bonds. The van der Waals surface area contributed by atoms with Crippen molar-refractivity contribution in [2.24, 2.45) is 0 Å². The topological polar surface area (TPSA) is 56.0 Å². The second-order valence-electron chi connectivity index (χ2n) is 4.35. The Balaban J connectivity index is 2.30. The van der Waals surface area contributed by atoms with Crippen LogP contribution in [0.1, 0.15) is 24.3 Å². The lowest BCUT2D eigenvalue weighted by molar-refractivity contribution is -0.172. The largest absolute Gasteiger partial charge is 0.450 e. The van der Waals surface area contributed by atoms with Gasteiger partial charge in [-0.1, -0.05) is 29.4 Å². The van der Waals surface area contributed by atoms with Crippen molar-refractivity contribution in [3.63, 3.8) is 0 Å². The van der Waals surface area contributed by atoms with Gasteiger partial charge >= 0.3 is 6.18 Å². The van der Waals surface area contributed by atoms with Crippen LogP contribution in [0.5, 0.6) is 0 Å². The van der Waals surface area contributed by atoms with Crippen LogP contribution in [0, 0.1) is 6.92 Å². The van der Waals surface area contributed by atoms with Crippen LogP contribution in [0.25, 0.3) is 11.4 Å². The van der Waals surface area contributed by atoms with Gasteiger partial charge in [0.25, 0.3) is 0 Å². The minimum Gasteiger partial charge on any atom is -0.338 e. The van der Waals surface area contributed by atoms with Crippen molar-refractivity contribution < 1.29 is 22.5 Å². The maximum atomic E-state index is 12.3. The number of nitrogens with zero attached hydrogens (tertiary/aromatic N) is 2. The molecule has 1 atom stereocenters. The molecule has 0 fully saturated rings. The number of aryl methyl sites for hydroxylation is 1. The van der Waals surface area contributed by atoms with Crippen LogP contribution in [0.4, 0.5) is 13.2 Å². The number of aromatic nitrogens is 2. The van der Waals surface area contributed by atoms with Gasteiger partial charge in [0.15, 0.2) is 0 Å². The van der Waals surface area contributed by atoms with Crippen molar-refractivity contribution in [3.8, 4) is 11.4 Å². The van der Waals surface area contributed by atoms with Crippen molar-refractivity contribution in [3.05, 3.63) is 35.7 Å². The lowest BCUT2D eigenvalue weighted by Gasteiger charge is -2.08. The molecular formula is C13H11F3N2O2. The Morgan fingerprint density at radius 3 is 2.55 bits per heavy atom. The van der Waals surface area contributed by atoms with Crippen LogP contribution in [0.3, 0.4) is 0 Å². The lowest BCUT2D eigenvalue weighted by atomic mass is 10.1. The van der Waals surface area contributed by atoms with Gasteiger partial charge in [0, 0.05) is 5.56 Å². The summed E-state index contributed by atoms with van der Waals surface area (Å²) in [6, 6.07) is 7.11. The summed E-state index contributed by atoms with van der Waals surface area (Å²) in [5, 5.41) is 3.63. The molecule has 0 aliphatic heterocycles. The number of halogens is 3. The number of Topliss-reactive ketones (excluding diaryl/α,β-unsaturated/α-hetero) is 1. The number of hydrogen-bond donors (Lipinski definition) is 0. The van der Waals surface area contributed by atoms with E-state index in [1.165, 1.54) is 0 Å². The fraction of sp³-hybridized carbons (Fsp3) is 0.308. The third-order valence-corrected chi connectivity index (χ3v) is 2.87. The van der Waals surface area contributed by atoms with Crippen LogP contribution in [-0.2, 0) is 4.79 Å². The molecule has 1 aromatic heterocycles. The highest BCUT2D eigenvalue weighted by molar-refractivity contribution is 5.89. The molecule has 0 spiro atoms. The summed E-state index contributed by atoms with van der Waals surface area (Å²) in [5.41, 5.74) is 1.50. The third-order valence-electron chi connectivity index (χ3n) is 2.87. The Morgan fingerprint density at radius 1 is 1.30 bits per heavy atom. The van der Waals surface area contributed by atoms with Gasteiger partial charge in [-0.3, -0.25) is 4.79 Å². The Kier molecular flexibility index (Phi) is 3.61. The average Bonchev–Trinajstić information content (AvgIpc) is 2.86. The minimum atomic E-state index is -4.92. The van der Waals surface area contributed by atoms with E-state index in [0.717, 1.165) is 12.5 Å². The summed E-state index contributed by atoms with van der Waals surface area (Å²) in [6.07, 6.45) is -4.92. The summed E-state index contributed by atoms with van der Waals surface area (Å²) in [6.45, 7) is 2.90. The van der Waals surface area contributed by atoms with E-state index in [1.54, 1.807) is 12.1 Å². The number of carbonyl (C=O) groups excluding carboxylic acids is 1. The third kappa shape index (κ3) is 2.71. The maximum absolute atomic E-state index is 12.3. The molecule has 1 unspecified atom stereocenters. The smallest absolute Gasteiger partial charge is 0.338 e. The standard InChI is InChI=1S/C13H11F3N2O2/c1-7-5-3-4-6-9(7)11-17-12(20-18-11)8(2)10(19)13(14,15)16/h3-6,8H,1-2H3. The number of alkyl halides is 3. The molecule has 7 heteroatoms. The molecule has 1 aromatic carbocycles. The Hall–Kier alpha value is -2.18. The van der Waals surface area contributed by atoms with E-state index in [9.17, 15) is 18.0 Å². The van der Waals surface area contributed by atoms with E-state index >= 15 is 0 Å².